The topological polar surface area (TPSA) is 64.3 Å². The third-order valence-corrected chi connectivity index (χ3v) is 3.29. The van der Waals surface area contributed by atoms with Crippen molar-refractivity contribution in [3.63, 3.8) is 0 Å². The Balaban J connectivity index is 2.39. The Morgan fingerprint density at radius 1 is 1.30 bits per heavy atom. The molecule has 1 amide bonds. The summed E-state index contributed by atoms with van der Waals surface area (Å²) in [4.78, 5) is 14.0. The molecule has 0 aliphatic heterocycles. The fraction of sp³-hybridized carbons (Fsp3) is 0.250. The number of hydrogen-bond donors (Lipinski definition) is 1. The van der Waals surface area contributed by atoms with Gasteiger partial charge in [-0.05, 0) is 18.4 Å². The number of carbonyl (C=O) groups is 1. The number of benzene rings is 2. The van der Waals surface area contributed by atoms with Gasteiger partial charge in [-0.1, -0.05) is 30.3 Å². The molecule has 0 unspecified atom stereocenters. The molecule has 0 bridgehead atoms. The van der Waals surface area contributed by atoms with Crippen LogP contribution >= 0.6 is 0 Å². The van der Waals surface area contributed by atoms with Crippen molar-refractivity contribution >= 4 is 16.7 Å². The van der Waals surface area contributed by atoms with Crippen LogP contribution in [0.1, 0.15) is 23.7 Å². The second kappa shape index (κ2) is 6.07. The van der Waals surface area contributed by atoms with Gasteiger partial charge in [-0.2, -0.15) is 5.26 Å². The fourth-order valence-corrected chi connectivity index (χ4v) is 2.19. The predicted molar refractivity (Wildman–Crippen MR) is 77.4 cm³/mol. The van der Waals surface area contributed by atoms with Crippen molar-refractivity contribution in [2.45, 2.75) is 13.3 Å². The quantitative estimate of drug-likeness (QED) is 0.927. The number of aromatic hydroxyl groups is 1. The third kappa shape index (κ3) is 2.57. The number of phenols is 1. The van der Waals surface area contributed by atoms with E-state index in [0.29, 0.717) is 18.5 Å². The molecule has 0 fully saturated rings. The van der Waals surface area contributed by atoms with E-state index in [-0.39, 0.29) is 23.6 Å². The lowest BCUT2D eigenvalue weighted by atomic mass is 10.0. The van der Waals surface area contributed by atoms with E-state index < -0.39 is 0 Å². The number of carbonyl (C=O) groups excluding carboxylic acids is 1. The normalized spacial score (nSPS) is 10.2. The number of phenolic OH excluding ortho intramolecular Hbond substituents is 1. The molecule has 0 atom stereocenters. The lowest BCUT2D eigenvalue weighted by Crippen LogP contribution is -2.31. The van der Waals surface area contributed by atoms with Gasteiger partial charge in [0.05, 0.1) is 18.1 Å². The number of nitrogens with zero attached hydrogens (tertiary/aromatic N) is 2. The number of nitriles is 1. The van der Waals surface area contributed by atoms with Crippen LogP contribution in [0, 0.1) is 11.3 Å². The molecule has 0 aromatic heterocycles. The van der Waals surface area contributed by atoms with Crippen LogP contribution in [0.5, 0.6) is 5.75 Å². The molecule has 0 heterocycles. The monoisotopic (exact) mass is 268 g/mol. The van der Waals surface area contributed by atoms with Crippen molar-refractivity contribution in [2.24, 2.45) is 0 Å². The summed E-state index contributed by atoms with van der Waals surface area (Å²) in [5, 5.41) is 20.5. The van der Waals surface area contributed by atoms with Crippen LogP contribution in [0.15, 0.2) is 36.4 Å². The van der Waals surface area contributed by atoms with Gasteiger partial charge in [0.25, 0.3) is 5.91 Å². The molecule has 0 radical (unpaired) electrons. The largest absolute Gasteiger partial charge is 0.506 e. The van der Waals surface area contributed by atoms with E-state index in [1.54, 1.807) is 17.0 Å². The molecule has 0 aliphatic carbocycles. The highest BCUT2D eigenvalue weighted by molar-refractivity contribution is 6.03. The maximum absolute atomic E-state index is 12.4. The molecule has 2 rings (SSSR count). The van der Waals surface area contributed by atoms with E-state index in [4.69, 9.17) is 5.26 Å². The van der Waals surface area contributed by atoms with Gasteiger partial charge in [0.15, 0.2) is 0 Å². The Kier molecular flexibility index (Phi) is 4.21. The van der Waals surface area contributed by atoms with E-state index in [1.807, 2.05) is 37.3 Å². The first kappa shape index (κ1) is 13.9. The van der Waals surface area contributed by atoms with Crippen LogP contribution in [0.3, 0.4) is 0 Å². The summed E-state index contributed by atoms with van der Waals surface area (Å²) in [5.41, 5.74) is 0.281. The van der Waals surface area contributed by atoms with Crippen molar-refractivity contribution in [1.82, 2.24) is 4.90 Å². The first-order valence-corrected chi connectivity index (χ1v) is 6.56. The van der Waals surface area contributed by atoms with Gasteiger partial charge >= 0.3 is 0 Å². The Labute approximate surface area is 117 Å². The van der Waals surface area contributed by atoms with E-state index in [9.17, 15) is 9.90 Å². The van der Waals surface area contributed by atoms with Crippen LogP contribution in [-0.2, 0) is 0 Å². The minimum absolute atomic E-state index is 0.00325. The predicted octanol–water partition coefficient (Wildman–Crippen LogP) is 2.92. The van der Waals surface area contributed by atoms with Crippen molar-refractivity contribution < 1.29 is 9.90 Å². The Hall–Kier alpha value is -2.54. The standard InChI is InChI=1S/C16H16N2O2/c1-2-18(11-5-10-17)16(20)14-9-8-12-6-3-4-7-13(12)15(14)19/h3-4,6-9,19H,2,5,11H2,1H3. The van der Waals surface area contributed by atoms with Gasteiger partial charge in [-0.3, -0.25) is 4.79 Å². The molecule has 20 heavy (non-hydrogen) atoms. The second-order valence-electron chi connectivity index (χ2n) is 4.48. The van der Waals surface area contributed by atoms with Crippen LogP contribution in [0.25, 0.3) is 10.8 Å². The molecule has 2 aromatic carbocycles. The van der Waals surface area contributed by atoms with Crippen LogP contribution in [-0.4, -0.2) is 29.0 Å². The molecule has 0 saturated heterocycles. The first-order chi connectivity index (χ1) is 9.69. The molecule has 0 aliphatic rings. The smallest absolute Gasteiger partial charge is 0.257 e. The Morgan fingerprint density at radius 3 is 2.75 bits per heavy atom. The summed E-state index contributed by atoms with van der Waals surface area (Å²) in [7, 11) is 0. The van der Waals surface area contributed by atoms with Gasteiger partial charge in [-0.25, -0.2) is 0 Å². The van der Waals surface area contributed by atoms with Crippen molar-refractivity contribution in [2.75, 3.05) is 13.1 Å². The zero-order chi connectivity index (χ0) is 14.5. The molecule has 4 nitrogen and oxygen atoms in total. The minimum atomic E-state index is -0.244. The van der Waals surface area contributed by atoms with Gasteiger partial charge in [0.2, 0.25) is 0 Å². The maximum atomic E-state index is 12.4. The summed E-state index contributed by atoms with van der Waals surface area (Å²) < 4.78 is 0. The minimum Gasteiger partial charge on any atom is -0.506 e. The molecular weight excluding hydrogens is 252 g/mol. The highest BCUT2D eigenvalue weighted by Gasteiger charge is 2.18. The second-order valence-corrected chi connectivity index (χ2v) is 4.48. The molecule has 0 saturated carbocycles. The van der Waals surface area contributed by atoms with Crippen molar-refractivity contribution in [1.29, 1.82) is 5.26 Å². The van der Waals surface area contributed by atoms with Crippen molar-refractivity contribution in [3.05, 3.63) is 42.0 Å². The van der Waals surface area contributed by atoms with Crippen LogP contribution in [0.2, 0.25) is 0 Å². The van der Waals surface area contributed by atoms with Crippen LogP contribution < -0.4 is 0 Å². The zero-order valence-corrected chi connectivity index (χ0v) is 11.3. The number of hydrogen-bond acceptors (Lipinski definition) is 3. The highest BCUT2D eigenvalue weighted by Crippen LogP contribution is 2.29. The van der Waals surface area contributed by atoms with Gasteiger partial charge in [0, 0.05) is 18.5 Å². The van der Waals surface area contributed by atoms with E-state index >= 15 is 0 Å². The fourth-order valence-electron chi connectivity index (χ4n) is 2.19. The Morgan fingerprint density at radius 2 is 2.05 bits per heavy atom. The van der Waals surface area contributed by atoms with Gasteiger partial charge < -0.3 is 10.0 Å². The third-order valence-electron chi connectivity index (χ3n) is 3.29. The lowest BCUT2D eigenvalue weighted by molar-refractivity contribution is 0.0765. The number of rotatable bonds is 4. The number of fused-ring (bicyclic) bond motifs is 1. The Bertz CT molecular complexity index is 674. The van der Waals surface area contributed by atoms with Crippen LogP contribution in [0.4, 0.5) is 0 Å². The SMILES string of the molecule is CCN(CCC#N)C(=O)c1ccc2ccccc2c1O. The van der Waals surface area contributed by atoms with Gasteiger partial charge in [0.1, 0.15) is 5.75 Å². The van der Waals surface area contributed by atoms with E-state index in [2.05, 4.69) is 0 Å². The van der Waals surface area contributed by atoms with E-state index in [1.165, 1.54) is 0 Å². The molecule has 0 spiro atoms. The zero-order valence-electron chi connectivity index (χ0n) is 11.3. The molecule has 4 heteroatoms. The first-order valence-electron chi connectivity index (χ1n) is 6.56. The number of amides is 1. The van der Waals surface area contributed by atoms with Gasteiger partial charge in [-0.15, -0.1) is 0 Å². The summed E-state index contributed by atoms with van der Waals surface area (Å²) in [5.74, 6) is -0.241. The summed E-state index contributed by atoms with van der Waals surface area (Å²) in [6, 6.07) is 12.9. The average Bonchev–Trinajstić information content (AvgIpc) is 2.48. The van der Waals surface area contributed by atoms with E-state index in [0.717, 1.165) is 5.39 Å². The molecule has 2 aromatic rings. The average molecular weight is 268 g/mol. The molecular formula is C16H16N2O2. The highest BCUT2D eigenvalue weighted by atomic mass is 16.3. The molecule has 102 valence electrons. The maximum Gasteiger partial charge on any atom is 0.257 e. The summed E-state index contributed by atoms with van der Waals surface area (Å²) in [6.45, 7) is 2.73. The summed E-state index contributed by atoms with van der Waals surface area (Å²) in [6.07, 6.45) is 0.286. The molecule has 1 N–H and O–H groups in total. The lowest BCUT2D eigenvalue weighted by Gasteiger charge is -2.20. The summed E-state index contributed by atoms with van der Waals surface area (Å²) >= 11 is 0. The van der Waals surface area contributed by atoms with Crippen molar-refractivity contribution in [3.8, 4) is 11.8 Å².